The summed E-state index contributed by atoms with van der Waals surface area (Å²) in [5.74, 6) is 0.411. The number of benzene rings is 1. The summed E-state index contributed by atoms with van der Waals surface area (Å²) in [5, 5.41) is 0. The number of ether oxygens (including phenoxy) is 3. The van der Waals surface area contributed by atoms with E-state index < -0.39 is 12.0 Å². The van der Waals surface area contributed by atoms with Gasteiger partial charge in [-0.05, 0) is 37.1 Å². The highest BCUT2D eigenvalue weighted by Gasteiger charge is 2.38. The van der Waals surface area contributed by atoms with Gasteiger partial charge in [-0.1, -0.05) is 37.0 Å². The number of carbonyl (C=O) groups is 2. The van der Waals surface area contributed by atoms with Crippen molar-refractivity contribution in [2.24, 2.45) is 0 Å². The van der Waals surface area contributed by atoms with Crippen LogP contribution in [-0.4, -0.2) is 48.0 Å². The molecule has 1 atom stereocenters. The molecule has 0 spiro atoms. The van der Waals surface area contributed by atoms with Crippen molar-refractivity contribution in [3.63, 3.8) is 0 Å². The second-order valence-corrected chi connectivity index (χ2v) is 7.19. The molecule has 1 aromatic rings. The van der Waals surface area contributed by atoms with E-state index in [4.69, 9.17) is 26.4 Å². The predicted molar refractivity (Wildman–Crippen MR) is 105 cm³/mol. The third kappa shape index (κ3) is 4.37. The molecular formula is C18H21NO5S2. The molecule has 0 saturated carbocycles. The van der Waals surface area contributed by atoms with Gasteiger partial charge in [0.05, 0.1) is 25.7 Å². The number of rotatable bonds is 7. The van der Waals surface area contributed by atoms with E-state index in [1.54, 1.807) is 32.2 Å². The van der Waals surface area contributed by atoms with Gasteiger partial charge < -0.3 is 14.2 Å². The summed E-state index contributed by atoms with van der Waals surface area (Å²) in [6.07, 6.45) is 2.61. The molecule has 0 aromatic heterocycles. The molecule has 1 saturated heterocycles. The molecule has 0 bridgehead atoms. The zero-order valence-electron chi connectivity index (χ0n) is 15.1. The molecule has 140 valence electrons. The van der Waals surface area contributed by atoms with E-state index in [2.05, 4.69) is 0 Å². The molecule has 1 aliphatic rings. The van der Waals surface area contributed by atoms with Gasteiger partial charge in [0.1, 0.15) is 10.4 Å². The van der Waals surface area contributed by atoms with Crippen LogP contribution >= 0.6 is 24.0 Å². The Balaban J connectivity index is 2.26. The maximum absolute atomic E-state index is 12.6. The second-order valence-electron chi connectivity index (χ2n) is 5.51. The van der Waals surface area contributed by atoms with Gasteiger partial charge in [-0.25, -0.2) is 4.79 Å². The molecule has 0 aliphatic carbocycles. The maximum atomic E-state index is 12.6. The van der Waals surface area contributed by atoms with Gasteiger partial charge in [-0.2, -0.15) is 0 Å². The number of amides is 1. The average molecular weight is 396 g/mol. The molecule has 26 heavy (non-hydrogen) atoms. The minimum absolute atomic E-state index is 0.317. The van der Waals surface area contributed by atoms with Crippen molar-refractivity contribution in [1.82, 2.24) is 4.90 Å². The molecule has 8 heteroatoms. The number of carbonyl (C=O) groups excluding carboxylic acids is 2. The maximum Gasteiger partial charge on any atom is 0.328 e. The fraction of sp³-hybridized carbons (Fsp3) is 0.389. The van der Waals surface area contributed by atoms with Gasteiger partial charge in [-0.15, -0.1) is 0 Å². The molecule has 1 fully saturated rings. The third-order valence-corrected chi connectivity index (χ3v) is 5.03. The summed E-state index contributed by atoms with van der Waals surface area (Å²) in [4.78, 5) is 26.1. The third-order valence-electron chi connectivity index (χ3n) is 3.70. The first-order valence-corrected chi connectivity index (χ1v) is 9.31. The van der Waals surface area contributed by atoms with Crippen LogP contribution in [0.15, 0.2) is 23.1 Å². The van der Waals surface area contributed by atoms with Crippen LogP contribution in [0.1, 0.15) is 25.8 Å². The first-order valence-electron chi connectivity index (χ1n) is 8.08. The van der Waals surface area contributed by atoms with E-state index in [1.165, 1.54) is 12.0 Å². The molecular weight excluding hydrogens is 374 g/mol. The quantitative estimate of drug-likeness (QED) is 0.399. The van der Waals surface area contributed by atoms with E-state index >= 15 is 0 Å². The topological polar surface area (TPSA) is 65.1 Å². The lowest BCUT2D eigenvalue weighted by molar-refractivity contribution is -0.147. The summed E-state index contributed by atoms with van der Waals surface area (Å²) in [6, 6.07) is 4.67. The predicted octanol–water partition coefficient (Wildman–Crippen LogP) is 3.25. The Labute approximate surface area is 162 Å². The SMILES string of the molecule is CCCOc1ccc(/C=C2\SC(=S)N([C@@H](C)C(=O)OC)C2=O)cc1OC. The van der Waals surface area contributed by atoms with Crippen LogP contribution in [-0.2, 0) is 14.3 Å². The van der Waals surface area contributed by atoms with E-state index in [9.17, 15) is 9.59 Å². The van der Waals surface area contributed by atoms with Crippen LogP contribution in [0.25, 0.3) is 6.08 Å². The molecule has 2 rings (SSSR count). The van der Waals surface area contributed by atoms with E-state index in [0.29, 0.717) is 27.3 Å². The molecule has 0 radical (unpaired) electrons. The lowest BCUT2D eigenvalue weighted by Gasteiger charge is -2.20. The number of nitrogens with zero attached hydrogens (tertiary/aromatic N) is 1. The summed E-state index contributed by atoms with van der Waals surface area (Å²) in [6.45, 7) is 4.21. The van der Waals surface area contributed by atoms with Gasteiger partial charge in [0.25, 0.3) is 5.91 Å². The molecule has 6 nitrogen and oxygen atoms in total. The second kappa shape index (κ2) is 9.05. The van der Waals surface area contributed by atoms with Gasteiger partial charge in [0.15, 0.2) is 11.5 Å². The van der Waals surface area contributed by atoms with Crippen LogP contribution in [0, 0.1) is 0 Å². The molecule has 0 N–H and O–H groups in total. The first-order chi connectivity index (χ1) is 12.4. The van der Waals surface area contributed by atoms with Crippen molar-refractivity contribution >= 4 is 46.3 Å². The van der Waals surface area contributed by atoms with Crippen molar-refractivity contribution < 1.29 is 23.8 Å². The van der Waals surface area contributed by atoms with Gasteiger partial charge in [0, 0.05) is 0 Å². The summed E-state index contributed by atoms with van der Waals surface area (Å²) >= 11 is 6.40. The highest BCUT2D eigenvalue weighted by Crippen LogP contribution is 2.35. The van der Waals surface area contributed by atoms with E-state index in [1.807, 2.05) is 13.0 Å². The lowest BCUT2D eigenvalue weighted by atomic mass is 10.1. The molecule has 1 aromatic carbocycles. The summed E-state index contributed by atoms with van der Waals surface area (Å²) < 4.78 is 16.0. The standard InChI is InChI=1S/C18H21NO5S2/c1-5-8-24-13-7-6-12(9-14(13)22-3)10-15-16(20)19(18(25)26-15)11(2)17(21)23-4/h6-7,9-11H,5,8H2,1-4H3/b15-10-/t11-/m0/s1. The number of thioether (sulfide) groups is 1. The Bertz CT molecular complexity index is 747. The van der Waals surface area contributed by atoms with Gasteiger partial charge in [-0.3, -0.25) is 9.69 Å². The number of esters is 1. The monoisotopic (exact) mass is 395 g/mol. The minimum atomic E-state index is -0.766. The number of thiocarbonyl (C=S) groups is 1. The fourth-order valence-corrected chi connectivity index (χ4v) is 3.76. The average Bonchev–Trinajstić information content (AvgIpc) is 2.92. The molecule has 1 amide bonds. The van der Waals surface area contributed by atoms with Crippen molar-refractivity contribution in [2.45, 2.75) is 26.3 Å². The van der Waals surface area contributed by atoms with Crippen LogP contribution in [0.4, 0.5) is 0 Å². The summed E-state index contributed by atoms with van der Waals surface area (Å²) in [5.41, 5.74) is 0.775. The highest BCUT2D eigenvalue weighted by molar-refractivity contribution is 8.26. The van der Waals surface area contributed by atoms with Crippen molar-refractivity contribution in [3.05, 3.63) is 28.7 Å². The van der Waals surface area contributed by atoms with Crippen LogP contribution < -0.4 is 9.47 Å². The largest absolute Gasteiger partial charge is 0.493 e. The Morgan fingerprint density at radius 3 is 2.69 bits per heavy atom. The van der Waals surface area contributed by atoms with Crippen LogP contribution in [0.3, 0.4) is 0 Å². The van der Waals surface area contributed by atoms with Crippen molar-refractivity contribution in [2.75, 3.05) is 20.8 Å². The molecule has 1 aliphatic heterocycles. The fourth-order valence-electron chi connectivity index (χ4n) is 2.35. The Morgan fingerprint density at radius 2 is 2.08 bits per heavy atom. The Hall–Kier alpha value is -2.06. The zero-order chi connectivity index (χ0) is 19.3. The summed E-state index contributed by atoms with van der Waals surface area (Å²) in [7, 11) is 2.84. The van der Waals surface area contributed by atoms with Crippen LogP contribution in [0.2, 0.25) is 0 Å². The minimum Gasteiger partial charge on any atom is -0.493 e. The molecule has 0 unspecified atom stereocenters. The Kier molecular flexibility index (Phi) is 7.05. The lowest BCUT2D eigenvalue weighted by Crippen LogP contribution is -2.42. The zero-order valence-corrected chi connectivity index (χ0v) is 16.7. The van der Waals surface area contributed by atoms with Crippen molar-refractivity contribution in [1.29, 1.82) is 0 Å². The number of hydrogen-bond acceptors (Lipinski definition) is 7. The van der Waals surface area contributed by atoms with Gasteiger partial charge >= 0.3 is 5.97 Å². The molecule has 1 heterocycles. The number of methoxy groups -OCH3 is 2. The highest BCUT2D eigenvalue weighted by atomic mass is 32.2. The normalized spacial score (nSPS) is 16.8. The Morgan fingerprint density at radius 1 is 1.35 bits per heavy atom. The van der Waals surface area contributed by atoms with Crippen molar-refractivity contribution in [3.8, 4) is 11.5 Å². The van der Waals surface area contributed by atoms with E-state index in [-0.39, 0.29) is 5.91 Å². The first kappa shape index (κ1) is 20.3. The smallest absolute Gasteiger partial charge is 0.328 e. The van der Waals surface area contributed by atoms with Crippen LogP contribution in [0.5, 0.6) is 11.5 Å². The van der Waals surface area contributed by atoms with E-state index in [0.717, 1.165) is 23.7 Å². The van der Waals surface area contributed by atoms with Gasteiger partial charge in [0.2, 0.25) is 0 Å². The number of hydrogen-bond donors (Lipinski definition) is 0.